The Bertz CT molecular complexity index is 1110. The minimum atomic E-state index is -0.373. The lowest BCUT2D eigenvalue weighted by molar-refractivity contribution is 0.667. The van der Waals surface area contributed by atoms with Gasteiger partial charge in [0.15, 0.2) is 16.9 Å². The molecule has 0 saturated carbocycles. The average molecular weight is 368 g/mol. The summed E-state index contributed by atoms with van der Waals surface area (Å²) in [5.74, 6) is 0.369. The van der Waals surface area contributed by atoms with Gasteiger partial charge in [0.1, 0.15) is 0 Å². The number of hydrogen-bond acceptors (Lipinski definition) is 6. The lowest BCUT2D eigenvalue weighted by atomic mass is 10.2. The zero-order valence-corrected chi connectivity index (χ0v) is 14.2. The first-order chi connectivity index (χ1) is 12.7. The third-order valence-electron chi connectivity index (χ3n) is 3.82. The molecule has 26 heavy (non-hydrogen) atoms. The summed E-state index contributed by atoms with van der Waals surface area (Å²) in [5.41, 5.74) is 7.95. The number of para-hydroxylation sites is 1. The molecule has 4 aromatic rings. The van der Waals surface area contributed by atoms with Crippen molar-refractivity contribution in [3.8, 4) is 0 Å². The van der Waals surface area contributed by atoms with E-state index in [1.807, 2.05) is 48.5 Å². The van der Waals surface area contributed by atoms with Crippen LogP contribution in [0, 0.1) is 0 Å². The number of halogens is 1. The number of fused-ring (bicyclic) bond motifs is 1. The topological polar surface area (TPSA) is 101 Å². The van der Waals surface area contributed by atoms with E-state index in [1.54, 1.807) is 6.07 Å². The Morgan fingerprint density at radius 3 is 2.62 bits per heavy atom. The van der Waals surface area contributed by atoms with Crippen molar-refractivity contribution in [2.45, 2.75) is 6.54 Å². The van der Waals surface area contributed by atoms with E-state index in [0.717, 1.165) is 11.3 Å². The maximum absolute atomic E-state index is 12.3. The molecule has 4 rings (SSSR count). The summed E-state index contributed by atoms with van der Waals surface area (Å²) >= 11 is 6.20. The minimum Gasteiger partial charge on any atom is -0.300 e. The molecule has 0 amide bonds. The quantitative estimate of drug-likeness (QED) is 0.469. The third kappa shape index (κ3) is 3.09. The van der Waals surface area contributed by atoms with Gasteiger partial charge in [0.2, 0.25) is 0 Å². The van der Waals surface area contributed by atoms with Crippen LogP contribution < -0.4 is 16.4 Å². The first-order valence-corrected chi connectivity index (χ1v) is 8.22. The second kappa shape index (κ2) is 6.85. The largest absolute Gasteiger partial charge is 0.300 e. The van der Waals surface area contributed by atoms with Crippen LogP contribution in [0.1, 0.15) is 5.56 Å². The summed E-state index contributed by atoms with van der Waals surface area (Å²) in [7, 11) is 0. The fourth-order valence-corrected chi connectivity index (χ4v) is 2.74. The molecule has 9 heteroatoms. The van der Waals surface area contributed by atoms with Gasteiger partial charge in [-0.3, -0.25) is 15.6 Å². The Kier molecular flexibility index (Phi) is 4.24. The predicted molar refractivity (Wildman–Crippen MR) is 100 cm³/mol. The van der Waals surface area contributed by atoms with Crippen LogP contribution in [0.5, 0.6) is 0 Å². The lowest BCUT2D eigenvalue weighted by Gasteiger charge is -2.08. The molecule has 2 aromatic carbocycles. The molecule has 0 bridgehead atoms. The van der Waals surface area contributed by atoms with Crippen LogP contribution in [0.3, 0.4) is 0 Å². The van der Waals surface area contributed by atoms with E-state index in [9.17, 15) is 4.79 Å². The highest BCUT2D eigenvalue weighted by Crippen LogP contribution is 2.19. The number of rotatable bonds is 5. The van der Waals surface area contributed by atoms with E-state index < -0.39 is 0 Å². The van der Waals surface area contributed by atoms with Crippen LogP contribution in [-0.4, -0.2) is 25.2 Å². The van der Waals surface area contributed by atoms with E-state index in [4.69, 9.17) is 11.6 Å². The van der Waals surface area contributed by atoms with Gasteiger partial charge in [0.05, 0.1) is 12.2 Å². The van der Waals surface area contributed by atoms with Crippen molar-refractivity contribution in [2.75, 3.05) is 10.9 Å². The zero-order chi connectivity index (χ0) is 17.9. The molecule has 130 valence electrons. The molecule has 0 saturated heterocycles. The van der Waals surface area contributed by atoms with Gasteiger partial charge in [-0.15, -0.1) is 5.10 Å². The molecule has 3 N–H and O–H groups in total. The summed E-state index contributed by atoms with van der Waals surface area (Å²) < 4.78 is 1.50. The second-order valence-corrected chi connectivity index (χ2v) is 5.96. The van der Waals surface area contributed by atoms with Crippen LogP contribution in [0.4, 0.5) is 11.5 Å². The van der Waals surface area contributed by atoms with Gasteiger partial charge in [-0.2, -0.15) is 5.10 Å². The fraction of sp³-hybridized carbons (Fsp3) is 0.0588. The zero-order valence-electron chi connectivity index (χ0n) is 13.5. The van der Waals surface area contributed by atoms with Gasteiger partial charge >= 0.3 is 0 Å². The maximum atomic E-state index is 12.3. The maximum Gasteiger partial charge on any atom is 0.292 e. The van der Waals surface area contributed by atoms with E-state index in [2.05, 4.69) is 31.4 Å². The molecule has 0 atom stereocenters. The third-order valence-corrected chi connectivity index (χ3v) is 4.19. The van der Waals surface area contributed by atoms with E-state index in [1.165, 1.54) is 4.68 Å². The summed E-state index contributed by atoms with van der Waals surface area (Å²) in [6.45, 7) is 0.328. The minimum absolute atomic E-state index is 0.317. The van der Waals surface area contributed by atoms with Crippen molar-refractivity contribution in [1.29, 1.82) is 0 Å². The van der Waals surface area contributed by atoms with Crippen molar-refractivity contribution in [1.82, 2.24) is 25.2 Å². The molecule has 2 aromatic heterocycles. The molecular weight excluding hydrogens is 354 g/mol. The number of hydrazine groups is 1. The summed E-state index contributed by atoms with van der Waals surface area (Å²) in [5, 5.41) is 15.3. The van der Waals surface area contributed by atoms with Gasteiger partial charge in [-0.25, -0.2) is 9.78 Å². The number of benzene rings is 2. The molecule has 0 aliphatic carbocycles. The van der Waals surface area contributed by atoms with E-state index >= 15 is 0 Å². The first-order valence-electron chi connectivity index (χ1n) is 7.85. The molecule has 0 aliphatic heterocycles. The molecule has 0 aliphatic rings. The van der Waals surface area contributed by atoms with Gasteiger partial charge in [-0.05, 0) is 23.8 Å². The van der Waals surface area contributed by atoms with Crippen molar-refractivity contribution >= 4 is 34.1 Å². The van der Waals surface area contributed by atoms with Crippen LogP contribution in [0.2, 0.25) is 5.02 Å². The van der Waals surface area contributed by atoms with Crippen LogP contribution in [0.25, 0.3) is 11.0 Å². The Hall–Kier alpha value is -3.39. The number of anilines is 2. The number of nitrogens with zero attached hydrogens (tertiary/aromatic N) is 4. The van der Waals surface area contributed by atoms with Gasteiger partial charge in [0.25, 0.3) is 5.56 Å². The Morgan fingerprint density at radius 1 is 1.04 bits per heavy atom. The second-order valence-electron chi connectivity index (χ2n) is 5.55. The summed E-state index contributed by atoms with van der Waals surface area (Å²) in [4.78, 5) is 12.3. The summed E-state index contributed by atoms with van der Waals surface area (Å²) in [6.07, 6.45) is 0. The van der Waals surface area contributed by atoms with Crippen LogP contribution in [-0.2, 0) is 6.54 Å². The van der Waals surface area contributed by atoms with Crippen molar-refractivity contribution in [2.24, 2.45) is 0 Å². The normalized spacial score (nSPS) is 10.8. The SMILES string of the molecule is O=c1[nH]nc(NNc2ccccc2)c2nnn(Cc3ccccc3Cl)c12. The molecule has 0 radical (unpaired) electrons. The Morgan fingerprint density at radius 2 is 1.81 bits per heavy atom. The standard InChI is InChI=1S/C17H14ClN7O/c18-13-9-5-4-6-11(13)10-25-15-14(20-24-25)16(22-23-17(15)26)21-19-12-7-2-1-3-8-12/h1-9,19H,10H2,(H,21,22)(H,23,26). The van der Waals surface area contributed by atoms with Crippen molar-refractivity contribution in [3.63, 3.8) is 0 Å². The highest BCUT2D eigenvalue weighted by molar-refractivity contribution is 6.31. The number of H-pyrrole nitrogens is 1. The van der Waals surface area contributed by atoms with Crippen molar-refractivity contribution < 1.29 is 0 Å². The Labute approximate surface area is 152 Å². The first kappa shape index (κ1) is 16.1. The van der Waals surface area contributed by atoms with Crippen LogP contribution >= 0.6 is 11.6 Å². The van der Waals surface area contributed by atoms with Crippen LogP contribution in [0.15, 0.2) is 59.4 Å². The lowest BCUT2D eigenvalue weighted by Crippen LogP contribution is -2.18. The molecule has 2 heterocycles. The highest BCUT2D eigenvalue weighted by Gasteiger charge is 2.15. The molecule has 0 spiro atoms. The number of aromatic nitrogens is 5. The van der Waals surface area contributed by atoms with Gasteiger partial charge in [0, 0.05) is 5.02 Å². The Balaban J connectivity index is 1.67. The average Bonchev–Trinajstić information content (AvgIpc) is 3.09. The predicted octanol–water partition coefficient (Wildman–Crippen LogP) is 2.66. The smallest absolute Gasteiger partial charge is 0.292 e. The molecular formula is C17H14ClN7O. The molecule has 0 fully saturated rings. The van der Waals surface area contributed by atoms with Gasteiger partial charge in [-0.1, -0.05) is 53.2 Å². The molecule has 0 unspecified atom stereocenters. The highest BCUT2D eigenvalue weighted by atomic mass is 35.5. The number of nitrogens with one attached hydrogen (secondary N) is 3. The monoisotopic (exact) mass is 367 g/mol. The van der Waals surface area contributed by atoms with E-state index in [-0.39, 0.29) is 5.56 Å². The number of hydrogen-bond donors (Lipinski definition) is 3. The van der Waals surface area contributed by atoms with E-state index in [0.29, 0.717) is 28.4 Å². The van der Waals surface area contributed by atoms with Crippen molar-refractivity contribution in [3.05, 3.63) is 75.5 Å². The summed E-state index contributed by atoms with van der Waals surface area (Å²) in [6, 6.07) is 16.9. The molecule has 8 nitrogen and oxygen atoms in total. The van der Waals surface area contributed by atoms with Gasteiger partial charge < -0.3 is 0 Å². The number of aromatic amines is 1. The fourth-order valence-electron chi connectivity index (χ4n) is 2.55.